The number of carbonyl (C=O) groups excluding carboxylic acids is 1. The first-order chi connectivity index (χ1) is 13.1. The third kappa shape index (κ3) is 3.01. The van der Waals surface area contributed by atoms with Gasteiger partial charge in [0.2, 0.25) is 11.6 Å². The number of fused-ring (bicyclic) bond motifs is 5. The number of aliphatic hydroxyl groups is 3. The third-order valence-corrected chi connectivity index (χ3v) is 9.28. The van der Waals surface area contributed by atoms with Crippen LogP contribution in [0.15, 0.2) is 0 Å². The number of hydrogen-bond donors (Lipinski definition) is 3. The fourth-order valence-electron chi connectivity index (χ4n) is 7.96. The maximum Gasteiger partial charge on any atom is 0.226 e. The first-order valence-electron chi connectivity index (χ1n) is 11.1. The highest BCUT2D eigenvalue weighted by atomic mass is 16.5. The quantitative estimate of drug-likeness (QED) is 0.388. The Balaban J connectivity index is 1.54. The Morgan fingerprint density at radius 2 is 1.75 bits per heavy atom. The minimum atomic E-state index is -2.51. The fourth-order valence-corrected chi connectivity index (χ4v) is 7.96. The lowest BCUT2D eigenvalue weighted by molar-refractivity contribution is -0.232. The van der Waals surface area contributed by atoms with Crippen LogP contribution in [0.1, 0.15) is 64.7 Å². The molecule has 0 heterocycles. The summed E-state index contributed by atoms with van der Waals surface area (Å²) in [5, 5.41) is 31.2. The molecule has 0 bridgehead atoms. The van der Waals surface area contributed by atoms with Crippen LogP contribution < -0.4 is 0 Å². The van der Waals surface area contributed by atoms with Crippen molar-refractivity contribution in [1.29, 1.82) is 0 Å². The van der Waals surface area contributed by atoms with E-state index in [9.17, 15) is 20.1 Å². The smallest absolute Gasteiger partial charge is 0.226 e. The van der Waals surface area contributed by atoms with Crippen LogP contribution in [-0.4, -0.2) is 54.0 Å². The molecular formula is C22H35BO5. The monoisotopic (exact) mass is 390 g/mol. The molecule has 8 atom stereocenters. The van der Waals surface area contributed by atoms with Crippen LogP contribution in [0.25, 0.3) is 0 Å². The van der Waals surface area contributed by atoms with E-state index in [-0.39, 0.29) is 18.3 Å². The van der Waals surface area contributed by atoms with E-state index in [1.54, 1.807) is 7.11 Å². The molecule has 0 aromatic rings. The molecule has 156 valence electrons. The topological polar surface area (TPSA) is 87.0 Å². The summed E-state index contributed by atoms with van der Waals surface area (Å²) in [5.41, 5.74) is -1.78. The van der Waals surface area contributed by atoms with E-state index in [1.807, 2.05) is 0 Å². The van der Waals surface area contributed by atoms with Gasteiger partial charge in [0, 0.05) is 20.1 Å². The van der Waals surface area contributed by atoms with Gasteiger partial charge in [-0.2, -0.15) is 0 Å². The fraction of sp³-hybridized carbons (Fsp3) is 0.955. The van der Waals surface area contributed by atoms with Gasteiger partial charge in [0.05, 0.1) is 5.50 Å². The second kappa shape index (κ2) is 7.07. The van der Waals surface area contributed by atoms with Crippen molar-refractivity contribution in [3.8, 4) is 0 Å². The van der Waals surface area contributed by atoms with Gasteiger partial charge in [-0.3, -0.25) is 4.79 Å². The Labute approximate surface area is 169 Å². The van der Waals surface area contributed by atoms with Gasteiger partial charge in [0.25, 0.3) is 0 Å². The molecule has 0 aromatic carbocycles. The molecule has 4 saturated carbocycles. The van der Waals surface area contributed by atoms with Crippen LogP contribution in [0.2, 0.25) is 0 Å². The zero-order valence-corrected chi connectivity index (χ0v) is 17.3. The van der Waals surface area contributed by atoms with Crippen molar-refractivity contribution < 1.29 is 24.9 Å². The van der Waals surface area contributed by atoms with E-state index in [4.69, 9.17) is 12.6 Å². The second-order valence-electron chi connectivity index (χ2n) is 10.4. The molecule has 2 radical (unpaired) electrons. The van der Waals surface area contributed by atoms with Crippen LogP contribution in [0.5, 0.6) is 0 Å². The van der Waals surface area contributed by atoms with E-state index in [2.05, 4.69) is 6.92 Å². The molecule has 4 unspecified atom stereocenters. The zero-order chi connectivity index (χ0) is 20.3. The van der Waals surface area contributed by atoms with E-state index in [1.165, 1.54) is 19.3 Å². The van der Waals surface area contributed by atoms with Gasteiger partial charge in [-0.1, -0.05) is 6.92 Å². The van der Waals surface area contributed by atoms with Gasteiger partial charge >= 0.3 is 0 Å². The molecule has 0 saturated heterocycles. The second-order valence-corrected chi connectivity index (χ2v) is 10.4. The summed E-state index contributed by atoms with van der Waals surface area (Å²) in [5.74, 6) is -1.76. The van der Waals surface area contributed by atoms with Crippen molar-refractivity contribution in [2.24, 2.45) is 40.9 Å². The minimum Gasteiger partial charge on any atom is -0.392 e. The van der Waals surface area contributed by atoms with Gasteiger partial charge in [-0.15, -0.1) is 0 Å². The maximum absolute atomic E-state index is 12.3. The zero-order valence-electron chi connectivity index (χ0n) is 17.3. The number of methoxy groups -OCH3 is 1. The number of ether oxygens (including phenoxy) is 1. The predicted octanol–water partition coefficient (Wildman–Crippen LogP) is 2.01. The maximum atomic E-state index is 12.3. The molecule has 6 heteroatoms. The Bertz CT molecular complexity index is 620. The Morgan fingerprint density at radius 1 is 1.04 bits per heavy atom. The number of hydrogen-bond acceptors (Lipinski definition) is 5. The van der Waals surface area contributed by atoms with Crippen molar-refractivity contribution in [2.75, 3.05) is 13.7 Å². The van der Waals surface area contributed by atoms with E-state index in [0.717, 1.165) is 38.2 Å². The summed E-state index contributed by atoms with van der Waals surface area (Å²) < 4.78 is 5.25. The van der Waals surface area contributed by atoms with Crippen molar-refractivity contribution in [2.45, 2.75) is 76.0 Å². The molecule has 4 aliphatic rings. The van der Waals surface area contributed by atoms with E-state index in [0.29, 0.717) is 29.6 Å². The largest absolute Gasteiger partial charge is 0.392 e. The van der Waals surface area contributed by atoms with Crippen LogP contribution in [-0.2, 0) is 9.53 Å². The number of Topliss-reactive ketones (excluding diaryl/α,β-unsaturated/α-hetero) is 1. The SMILES string of the molecule is [B]C1(O)C(=O)C(O)(O)C[C@@H]2C3CC[C@]4(C)C(CCCOC)CCC4[C@@H]3CC[C@@H]21. The molecule has 0 spiro atoms. The molecule has 0 aliphatic heterocycles. The normalized spacial score (nSPS) is 50.0. The highest BCUT2D eigenvalue weighted by Crippen LogP contribution is 2.65. The summed E-state index contributed by atoms with van der Waals surface area (Å²) in [6, 6.07) is 0. The molecule has 5 nitrogen and oxygen atoms in total. The van der Waals surface area contributed by atoms with Crippen molar-refractivity contribution in [3.05, 3.63) is 0 Å². The standard InChI is InChI=1S/C22H35BO5/c1-20-10-9-14-15(17(20)7-5-13(20)4-3-11-28-2)6-8-18-16(14)12-21(25,26)19(24)22(18,23)27/h13-18,25-27H,3-12H2,1-2H3/t13?,14?,15-,16-,17?,18+,20-,22?/m1/s1. The van der Waals surface area contributed by atoms with Crippen LogP contribution >= 0.6 is 0 Å². The van der Waals surface area contributed by atoms with E-state index >= 15 is 0 Å². The molecular weight excluding hydrogens is 355 g/mol. The average Bonchev–Trinajstić information content (AvgIpc) is 2.97. The van der Waals surface area contributed by atoms with Crippen LogP contribution in [0.4, 0.5) is 0 Å². The lowest BCUT2D eigenvalue weighted by Gasteiger charge is -2.59. The summed E-state index contributed by atoms with van der Waals surface area (Å²) >= 11 is 0. The van der Waals surface area contributed by atoms with Crippen molar-refractivity contribution >= 4 is 13.6 Å². The molecule has 4 fully saturated rings. The molecule has 4 aliphatic carbocycles. The van der Waals surface area contributed by atoms with Gasteiger partial charge < -0.3 is 20.1 Å². The highest BCUT2D eigenvalue weighted by Gasteiger charge is 2.63. The predicted molar refractivity (Wildman–Crippen MR) is 105 cm³/mol. The van der Waals surface area contributed by atoms with Gasteiger partial charge in [-0.25, -0.2) is 0 Å². The summed E-state index contributed by atoms with van der Waals surface area (Å²) in [6.45, 7) is 3.29. The number of ketones is 1. The highest BCUT2D eigenvalue weighted by molar-refractivity contribution is 6.29. The number of rotatable bonds is 4. The Morgan fingerprint density at radius 3 is 2.46 bits per heavy atom. The average molecular weight is 390 g/mol. The van der Waals surface area contributed by atoms with Crippen molar-refractivity contribution in [3.63, 3.8) is 0 Å². The summed E-state index contributed by atoms with van der Waals surface area (Å²) in [7, 11) is 7.73. The molecule has 28 heavy (non-hydrogen) atoms. The van der Waals surface area contributed by atoms with Crippen LogP contribution in [0, 0.1) is 40.9 Å². The molecule has 0 amide bonds. The van der Waals surface area contributed by atoms with E-state index < -0.39 is 17.1 Å². The van der Waals surface area contributed by atoms with Gasteiger partial charge in [0.15, 0.2) is 0 Å². The first kappa shape index (κ1) is 20.8. The van der Waals surface area contributed by atoms with Gasteiger partial charge in [0.1, 0.15) is 7.85 Å². The molecule has 3 N–H and O–H groups in total. The number of carbonyl (C=O) groups is 1. The van der Waals surface area contributed by atoms with Gasteiger partial charge in [-0.05, 0) is 92.3 Å². The minimum absolute atomic E-state index is 0.0118. The lowest BCUT2D eigenvalue weighted by atomic mass is 9.45. The summed E-state index contributed by atoms with van der Waals surface area (Å²) in [4.78, 5) is 12.3. The Hall–Kier alpha value is -0.425. The summed E-state index contributed by atoms with van der Waals surface area (Å²) in [6.07, 6.45) is 8.70. The third-order valence-electron chi connectivity index (χ3n) is 9.28. The van der Waals surface area contributed by atoms with Crippen molar-refractivity contribution in [1.82, 2.24) is 0 Å². The lowest BCUT2D eigenvalue weighted by Crippen LogP contribution is -2.67. The Kier molecular flexibility index (Phi) is 5.26. The molecule has 0 aromatic heterocycles. The first-order valence-corrected chi connectivity index (χ1v) is 11.1. The molecule has 4 rings (SSSR count). The van der Waals surface area contributed by atoms with Crippen LogP contribution in [0.3, 0.4) is 0 Å².